The molecule has 0 aliphatic rings. The fraction of sp³-hybridized carbons (Fsp3) is 0.385. The first-order valence-corrected chi connectivity index (χ1v) is 6.08. The largest absolute Gasteiger partial charge is 0.409 e. The third-order valence-corrected chi connectivity index (χ3v) is 2.82. The van der Waals surface area contributed by atoms with Crippen LogP contribution in [-0.4, -0.2) is 30.2 Å². The van der Waals surface area contributed by atoms with E-state index in [4.69, 9.17) is 15.7 Å². The molecule has 1 rings (SSSR count). The first kappa shape index (κ1) is 15.9. The maximum Gasteiger partial charge on any atom is 0.224 e. The van der Waals surface area contributed by atoms with Crippen LogP contribution in [0.2, 0.25) is 0 Å². The van der Waals surface area contributed by atoms with Gasteiger partial charge < -0.3 is 21.0 Å². The fourth-order valence-corrected chi connectivity index (χ4v) is 1.56. The maximum absolute atomic E-state index is 13.2. The van der Waals surface area contributed by atoms with Crippen molar-refractivity contribution in [2.75, 3.05) is 12.4 Å². The number of carbonyl (C=O) groups excluding carboxylic acids is 1. The van der Waals surface area contributed by atoms with Crippen LogP contribution >= 0.6 is 0 Å². The predicted molar refractivity (Wildman–Crippen MR) is 73.2 cm³/mol. The van der Waals surface area contributed by atoms with Crippen molar-refractivity contribution in [3.8, 4) is 0 Å². The zero-order chi connectivity index (χ0) is 15.1. The van der Waals surface area contributed by atoms with Gasteiger partial charge in [0.25, 0.3) is 0 Å². The molecule has 1 amide bonds. The second-order valence-corrected chi connectivity index (χ2v) is 4.31. The maximum atomic E-state index is 13.2. The van der Waals surface area contributed by atoms with Crippen molar-refractivity contribution in [3.63, 3.8) is 0 Å². The molecule has 0 saturated carbocycles. The number of carbonyl (C=O) groups is 1. The van der Waals surface area contributed by atoms with E-state index >= 15 is 0 Å². The van der Waals surface area contributed by atoms with E-state index in [-0.39, 0.29) is 35.5 Å². The quantitative estimate of drug-likeness (QED) is 0.320. The Kier molecular flexibility index (Phi) is 5.92. The van der Waals surface area contributed by atoms with Gasteiger partial charge in [0.05, 0.1) is 11.8 Å². The lowest BCUT2D eigenvalue weighted by Gasteiger charge is -2.12. The molecule has 0 aromatic heterocycles. The van der Waals surface area contributed by atoms with E-state index in [1.165, 1.54) is 12.1 Å². The molecule has 1 unspecified atom stereocenters. The van der Waals surface area contributed by atoms with Crippen molar-refractivity contribution in [1.29, 1.82) is 0 Å². The molecule has 0 fully saturated rings. The number of nitrogens with one attached hydrogen (secondary N) is 1. The van der Waals surface area contributed by atoms with E-state index in [9.17, 15) is 9.18 Å². The van der Waals surface area contributed by atoms with Gasteiger partial charge in [0, 0.05) is 19.1 Å². The zero-order valence-corrected chi connectivity index (χ0v) is 11.4. The number of hydrogen-bond donors (Lipinski definition) is 3. The molecule has 0 aliphatic carbocycles. The number of oxime groups is 1. The molecule has 4 N–H and O–H groups in total. The molecule has 0 bridgehead atoms. The Labute approximate surface area is 116 Å². The second-order valence-electron chi connectivity index (χ2n) is 4.31. The molecular weight excluding hydrogens is 265 g/mol. The van der Waals surface area contributed by atoms with E-state index in [1.807, 2.05) is 6.92 Å². The number of hydrogen-bond acceptors (Lipinski definition) is 4. The standard InChI is InChI=1S/C13H18FN3O3/c1-8(20-2)3-6-12(18)16-11-5-4-9(14)7-10(11)13(15)17-19/h4-5,7-8,19H,3,6H2,1-2H3,(H2,15,17)(H,16,18). The molecule has 7 heteroatoms. The van der Waals surface area contributed by atoms with Gasteiger partial charge in [0.1, 0.15) is 5.82 Å². The van der Waals surface area contributed by atoms with E-state index in [1.54, 1.807) is 7.11 Å². The molecule has 0 saturated heterocycles. The molecule has 0 spiro atoms. The van der Waals surface area contributed by atoms with Crippen molar-refractivity contribution >= 4 is 17.4 Å². The summed E-state index contributed by atoms with van der Waals surface area (Å²) in [5.74, 6) is -1.07. The summed E-state index contributed by atoms with van der Waals surface area (Å²) in [6.07, 6.45) is 0.780. The third-order valence-electron chi connectivity index (χ3n) is 2.82. The SMILES string of the molecule is COC(C)CCC(=O)Nc1ccc(F)cc1/C(N)=N/O. The van der Waals surface area contributed by atoms with Crippen molar-refractivity contribution in [3.05, 3.63) is 29.6 Å². The number of nitrogens with two attached hydrogens (primary N) is 1. The average Bonchev–Trinajstić information content (AvgIpc) is 2.45. The van der Waals surface area contributed by atoms with Gasteiger partial charge in [0.2, 0.25) is 5.91 Å². The number of amides is 1. The van der Waals surface area contributed by atoms with Crippen LogP contribution < -0.4 is 11.1 Å². The third kappa shape index (κ3) is 4.51. The Morgan fingerprint density at radius 2 is 2.30 bits per heavy atom. The van der Waals surface area contributed by atoms with E-state index in [0.29, 0.717) is 6.42 Å². The summed E-state index contributed by atoms with van der Waals surface area (Å²) in [5.41, 5.74) is 5.86. The fourth-order valence-electron chi connectivity index (χ4n) is 1.56. The summed E-state index contributed by atoms with van der Waals surface area (Å²) >= 11 is 0. The number of benzene rings is 1. The van der Waals surface area contributed by atoms with E-state index < -0.39 is 5.82 Å². The summed E-state index contributed by atoms with van der Waals surface area (Å²) in [6, 6.07) is 3.63. The highest BCUT2D eigenvalue weighted by molar-refractivity contribution is 6.05. The summed E-state index contributed by atoms with van der Waals surface area (Å²) < 4.78 is 18.2. The minimum Gasteiger partial charge on any atom is -0.409 e. The first-order chi connectivity index (χ1) is 9.47. The minimum absolute atomic E-state index is 0.0301. The second kappa shape index (κ2) is 7.44. The van der Waals surface area contributed by atoms with Gasteiger partial charge in [-0.15, -0.1) is 0 Å². The molecule has 110 valence electrons. The van der Waals surface area contributed by atoms with Crippen LogP contribution in [0, 0.1) is 5.82 Å². The Bertz CT molecular complexity index is 506. The average molecular weight is 283 g/mol. The predicted octanol–water partition coefficient (Wildman–Crippen LogP) is 1.67. The lowest BCUT2D eigenvalue weighted by Crippen LogP contribution is -2.20. The highest BCUT2D eigenvalue weighted by Crippen LogP contribution is 2.17. The van der Waals surface area contributed by atoms with Gasteiger partial charge in [-0.2, -0.15) is 0 Å². The topological polar surface area (TPSA) is 96.9 Å². The Morgan fingerprint density at radius 3 is 2.90 bits per heavy atom. The van der Waals surface area contributed by atoms with Gasteiger partial charge >= 0.3 is 0 Å². The van der Waals surface area contributed by atoms with Gasteiger partial charge in [-0.05, 0) is 31.5 Å². The molecule has 0 aliphatic heterocycles. The van der Waals surface area contributed by atoms with Gasteiger partial charge in [0.15, 0.2) is 5.84 Å². The number of rotatable bonds is 6. The summed E-state index contributed by atoms with van der Waals surface area (Å²) in [5, 5.41) is 14.1. The Hall–Kier alpha value is -2.15. The van der Waals surface area contributed by atoms with Crippen LogP contribution in [0.4, 0.5) is 10.1 Å². The van der Waals surface area contributed by atoms with E-state index in [0.717, 1.165) is 6.07 Å². The number of methoxy groups -OCH3 is 1. The molecule has 1 aromatic rings. The van der Waals surface area contributed by atoms with Crippen LogP contribution in [0.3, 0.4) is 0 Å². The highest BCUT2D eigenvalue weighted by atomic mass is 19.1. The van der Waals surface area contributed by atoms with Crippen molar-refractivity contribution in [1.82, 2.24) is 0 Å². The van der Waals surface area contributed by atoms with Crippen LogP contribution in [0.25, 0.3) is 0 Å². The number of nitrogens with zero attached hydrogens (tertiary/aromatic N) is 1. The smallest absolute Gasteiger partial charge is 0.224 e. The number of halogens is 1. The van der Waals surface area contributed by atoms with Crippen LogP contribution in [-0.2, 0) is 9.53 Å². The van der Waals surface area contributed by atoms with Crippen molar-refractivity contribution in [2.45, 2.75) is 25.9 Å². The monoisotopic (exact) mass is 283 g/mol. The number of ether oxygens (including phenoxy) is 1. The lowest BCUT2D eigenvalue weighted by molar-refractivity contribution is -0.116. The molecule has 20 heavy (non-hydrogen) atoms. The van der Waals surface area contributed by atoms with Crippen LogP contribution in [0.15, 0.2) is 23.4 Å². The molecule has 0 heterocycles. The minimum atomic E-state index is -0.544. The summed E-state index contributed by atoms with van der Waals surface area (Å²) in [6.45, 7) is 1.85. The Morgan fingerprint density at radius 1 is 1.60 bits per heavy atom. The van der Waals surface area contributed by atoms with Gasteiger partial charge in [-0.1, -0.05) is 5.16 Å². The highest BCUT2D eigenvalue weighted by Gasteiger charge is 2.12. The molecular formula is C13H18FN3O3. The van der Waals surface area contributed by atoms with Gasteiger partial charge in [-0.3, -0.25) is 4.79 Å². The lowest BCUT2D eigenvalue weighted by atomic mass is 10.1. The first-order valence-electron chi connectivity index (χ1n) is 6.08. The molecule has 6 nitrogen and oxygen atoms in total. The van der Waals surface area contributed by atoms with E-state index in [2.05, 4.69) is 10.5 Å². The van der Waals surface area contributed by atoms with Crippen molar-refractivity contribution < 1.29 is 19.1 Å². The van der Waals surface area contributed by atoms with Crippen LogP contribution in [0.5, 0.6) is 0 Å². The molecule has 1 atom stereocenters. The van der Waals surface area contributed by atoms with Crippen molar-refractivity contribution in [2.24, 2.45) is 10.9 Å². The molecule has 0 radical (unpaired) electrons. The van der Waals surface area contributed by atoms with Gasteiger partial charge in [-0.25, -0.2) is 4.39 Å². The normalized spacial score (nSPS) is 13.1. The number of amidine groups is 1. The number of anilines is 1. The summed E-state index contributed by atoms with van der Waals surface area (Å²) in [7, 11) is 1.57. The Balaban J connectivity index is 2.79. The van der Waals surface area contributed by atoms with Crippen LogP contribution in [0.1, 0.15) is 25.3 Å². The summed E-state index contributed by atoms with van der Waals surface area (Å²) in [4.78, 5) is 11.8. The molecule has 1 aromatic carbocycles. The zero-order valence-electron chi connectivity index (χ0n) is 11.4.